The van der Waals surface area contributed by atoms with Gasteiger partial charge in [-0.2, -0.15) is 0 Å². The number of benzene rings is 1. The Bertz CT molecular complexity index is 1500. The zero-order valence-corrected chi connectivity index (χ0v) is 18.4. The van der Waals surface area contributed by atoms with E-state index in [1.807, 2.05) is 0 Å². The van der Waals surface area contributed by atoms with E-state index in [9.17, 15) is 24.4 Å². The zero-order chi connectivity index (χ0) is 24.3. The topological polar surface area (TPSA) is 147 Å². The second-order valence-electron chi connectivity index (χ2n) is 9.32. The molecule has 1 aromatic carbocycles. The maximum Gasteiger partial charge on any atom is 0.308 e. The van der Waals surface area contributed by atoms with Gasteiger partial charge < -0.3 is 15.4 Å². The number of aliphatic carboxylic acids is 1. The highest BCUT2D eigenvalue weighted by Gasteiger charge is 2.47. The summed E-state index contributed by atoms with van der Waals surface area (Å²) in [5.41, 5.74) is 1.15. The van der Waals surface area contributed by atoms with Gasteiger partial charge in [-0.15, -0.1) is 0 Å². The number of nitro groups is 1. The van der Waals surface area contributed by atoms with Gasteiger partial charge in [0.1, 0.15) is 17.3 Å². The van der Waals surface area contributed by atoms with E-state index < -0.39 is 22.6 Å². The number of halogens is 1. The second kappa shape index (κ2) is 7.97. The molecule has 3 aliphatic rings. The van der Waals surface area contributed by atoms with E-state index in [2.05, 4.69) is 20.3 Å². The SMILES string of the molecule is O=C(O)C1C2CCC(CC2)C1Nc1nc(-c2c[nH]c3ncc(F)cc23)nc2cc([N+](=O)[O-])ccc12. The fraction of sp³-hybridized carbons (Fsp3) is 0.333. The molecular weight excluding hydrogens is 455 g/mol. The molecule has 2 atom stereocenters. The van der Waals surface area contributed by atoms with Gasteiger partial charge in [0, 0.05) is 40.7 Å². The second-order valence-corrected chi connectivity index (χ2v) is 9.32. The molecule has 3 aromatic heterocycles. The van der Waals surface area contributed by atoms with Crippen LogP contribution in [-0.4, -0.2) is 42.0 Å². The van der Waals surface area contributed by atoms with Crippen LogP contribution < -0.4 is 5.32 Å². The van der Waals surface area contributed by atoms with Crippen LogP contribution in [0.1, 0.15) is 25.7 Å². The maximum absolute atomic E-state index is 13.9. The fourth-order valence-corrected chi connectivity index (χ4v) is 5.80. The van der Waals surface area contributed by atoms with E-state index in [4.69, 9.17) is 4.98 Å². The molecule has 0 spiro atoms. The minimum absolute atomic E-state index is 0.103. The Morgan fingerprint density at radius 1 is 1.14 bits per heavy atom. The molecule has 0 saturated heterocycles. The first kappa shape index (κ1) is 21.4. The fourth-order valence-electron chi connectivity index (χ4n) is 5.80. The maximum atomic E-state index is 13.9. The molecule has 3 N–H and O–H groups in total. The van der Waals surface area contributed by atoms with E-state index in [1.54, 1.807) is 12.3 Å². The molecular formula is C24H21FN6O4. The molecule has 35 heavy (non-hydrogen) atoms. The number of carboxylic acid groups (broad SMARTS) is 1. The number of carboxylic acids is 1. The highest BCUT2D eigenvalue weighted by atomic mass is 19.1. The van der Waals surface area contributed by atoms with Crippen molar-refractivity contribution in [3.63, 3.8) is 0 Å². The first-order valence-electron chi connectivity index (χ1n) is 11.5. The Labute approximate surface area is 197 Å². The lowest BCUT2D eigenvalue weighted by Gasteiger charge is -2.47. The van der Waals surface area contributed by atoms with Crippen LogP contribution in [0.3, 0.4) is 0 Å². The van der Waals surface area contributed by atoms with Crippen molar-refractivity contribution in [1.82, 2.24) is 19.9 Å². The number of carbonyl (C=O) groups is 1. The van der Waals surface area contributed by atoms with Crippen molar-refractivity contribution >= 4 is 39.4 Å². The Kier molecular flexibility index (Phi) is 4.87. The van der Waals surface area contributed by atoms with Crippen LogP contribution in [0.5, 0.6) is 0 Å². The highest BCUT2D eigenvalue weighted by molar-refractivity contribution is 5.96. The third-order valence-corrected chi connectivity index (χ3v) is 7.44. The van der Waals surface area contributed by atoms with Crippen LogP contribution in [0, 0.1) is 33.7 Å². The van der Waals surface area contributed by atoms with E-state index in [0.717, 1.165) is 31.9 Å². The van der Waals surface area contributed by atoms with Crippen LogP contribution in [-0.2, 0) is 4.79 Å². The molecule has 0 radical (unpaired) electrons. The molecule has 3 saturated carbocycles. The van der Waals surface area contributed by atoms with Crippen molar-refractivity contribution in [1.29, 1.82) is 0 Å². The van der Waals surface area contributed by atoms with Crippen molar-refractivity contribution in [2.75, 3.05) is 5.32 Å². The normalized spacial score (nSPS) is 23.6. The van der Waals surface area contributed by atoms with Gasteiger partial charge in [-0.05, 0) is 49.7 Å². The number of anilines is 1. The molecule has 4 aromatic rings. The lowest BCUT2D eigenvalue weighted by Crippen LogP contribution is -2.51. The number of pyridine rings is 1. The molecule has 178 valence electrons. The highest BCUT2D eigenvalue weighted by Crippen LogP contribution is 2.46. The van der Waals surface area contributed by atoms with Crippen molar-refractivity contribution in [3.05, 3.63) is 52.6 Å². The number of nitrogens with one attached hydrogen (secondary N) is 2. The van der Waals surface area contributed by atoms with Crippen molar-refractivity contribution in [2.24, 2.45) is 17.8 Å². The molecule has 2 bridgehead atoms. The monoisotopic (exact) mass is 476 g/mol. The number of hydrogen-bond donors (Lipinski definition) is 3. The predicted molar refractivity (Wildman–Crippen MR) is 125 cm³/mol. The zero-order valence-electron chi connectivity index (χ0n) is 18.4. The molecule has 7 rings (SSSR count). The van der Waals surface area contributed by atoms with E-state index >= 15 is 0 Å². The third-order valence-electron chi connectivity index (χ3n) is 7.44. The van der Waals surface area contributed by atoms with Crippen LogP contribution >= 0.6 is 0 Å². The van der Waals surface area contributed by atoms with Crippen LogP contribution in [0.15, 0.2) is 36.7 Å². The number of fused-ring (bicyclic) bond motifs is 5. The molecule has 10 nitrogen and oxygen atoms in total. The number of aromatic amines is 1. The summed E-state index contributed by atoms with van der Waals surface area (Å²) in [6.07, 6.45) is 6.40. The van der Waals surface area contributed by atoms with Gasteiger partial charge in [0.25, 0.3) is 5.69 Å². The molecule has 11 heteroatoms. The van der Waals surface area contributed by atoms with E-state index in [-0.39, 0.29) is 29.4 Å². The van der Waals surface area contributed by atoms with Gasteiger partial charge in [-0.1, -0.05) is 0 Å². The van der Waals surface area contributed by atoms with Gasteiger partial charge in [0.15, 0.2) is 5.82 Å². The summed E-state index contributed by atoms with van der Waals surface area (Å²) in [6.45, 7) is 0. The van der Waals surface area contributed by atoms with Gasteiger partial charge in [-0.25, -0.2) is 19.3 Å². The summed E-state index contributed by atoms with van der Waals surface area (Å²) in [6, 6.07) is 5.32. The predicted octanol–water partition coefficient (Wildman–Crippen LogP) is 4.52. The van der Waals surface area contributed by atoms with Gasteiger partial charge in [-0.3, -0.25) is 14.9 Å². The van der Waals surface area contributed by atoms with E-state index in [0.29, 0.717) is 33.3 Å². The van der Waals surface area contributed by atoms with Crippen molar-refractivity contribution in [3.8, 4) is 11.4 Å². The summed E-state index contributed by atoms with van der Waals surface area (Å²) >= 11 is 0. The number of non-ortho nitro benzene ring substituents is 1. The number of hydrogen-bond acceptors (Lipinski definition) is 7. The van der Waals surface area contributed by atoms with Gasteiger partial charge in [0.05, 0.1) is 22.6 Å². The van der Waals surface area contributed by atoms with Gasteiger partial charge >= 0.3 is 5.97 Å². The molecule has 0 amide bonds. The minimum Gasteiger partial charge on any atom is -0.481 e. The van der Waals surface area contributed by atoms with E-state index in [1.165, 1.54) is 18.2 Å². The first-order valence-corrected chi connectivity index (χ1v) is 11.5. The average molecular weight is 476 g/mol. The number of rotatable bonds is 5. The standard InChI is InChI=1S/C24H21FN6O4/c25-13-7-16-17(10-27-21(16)26-9-13)23-28-18-8-14(31(34)35)5-6-15(18)22(30-23)29-20-12-3-1-11(2-4-12)19(20)24(32)33/h5-12,19-20H,1-4H2,(H,26,27)(H,32,33)(H,28,29,30). The largest absolute Gasteiger partial charge is 0.481 e. The Balaban J connectivity index is 1.52. The van der Waals surface area contributed by atoms with Crippen LogP contribution in [0.4, 0.5) is 15.9 Å². The number of H-pyrrole nitrogens is 1. The molecule has 3 aliphatic carbocycles. The number of nitro benzene ring substituents is 1. The smallest absolute Gasteiger partial charge is 0.308 e. The summed E-state index contributed by atoms with van der Waals surface area (Å²) in [4.78, 5) is 39.4. The first-order chi connectivity index (χ1) is 16.9. The minimum atomic E-state index is -0.829. The lowest BCUT2D eigenvalue weighted by molar-refractivity contribution is -0.384. The number of nitrogens with zero attached hydrogens (tertiary/aromatic N) is 4. The Morgan fingerprint density at radius 2 is 1.91 bits per heavy atom. The lowest BCUT2D eigenvalue weighted by atomic mass is 9.61. The van der Waals surface area contributed by atoms with Gasteiger partial charge in [0.2, 0.25) is 0 Å². The summed E-state index contributed by atoms with van der Waals surface area (Å²) in [7, 11) is 0. The van der Waals surface area contributed by atoms with Crippen molar-refractivity contribution < 1.29 is 19.2 Å². The van der Waals surface area contributed by atoms with Crippen LogP contribution in [0.2, 0.25) is 0 Å². The molecule has 0 aliphatic heterocycles. The summed E-state index contributed by atoms with van der Waals surface area (Å²) in [5.74, 6) is -0.958. The molecule has 3 heterocycles. The summed E-state index contributed by atoms with van der Waals surface area (Å²) < 4.78 is 13.9. The van der Waals surface area contributed by atoms with Crippen LogP contribution in [0.25, 0.3) is 33.3 Å². The Morgan fingerprint density at radius 3 is 2.66 bits per heavy atom. The molecule has 2 unspecified atom stereocenters. The number of aromatic nitrogens is 4. The van der Waals surface area contributed by atoms with Crippen molar-refractivity contribution in [2.45, 2.75) is 31.7 Å². The molecule has 3 fully saturated rings. The summed E-state index contributed by atoms with van der Waals surface area (Å²) in [5, 5.41) is 25.8. The Hall–Kier alpha value is -4.15. The average Bonchev–Trinajstić information content (AvgIpc) is 3.27. The third kappa shape index (κ3) is 3.54. The quantitative estimate of drug-likeness (QED) is 0.281.